The van der Waals surface area contributed by atoms with Crippen LogP contribution in [0.1, 0.15) is 47.8 Å². The van der Waals surface area contributed by atoms with E-state index >= 15 is 0 Å². The molecule has 4 aromatic rings. The zero-order chi connectivity index (χ0) is 29.7. The average molecular weight is 603 g/mol. The summed E-state index contributed by atoms with van der Waals surface area (Å²) in [4.78, 5) is 37.2. The number of amides is 3. The van der Waals surface area contributed by atoms with Crippen LogP contribution in [0.4, 0.5) is 13.2 Å². The van der Waals surface area contributed by atoms with E-state index in [1.54, 1.807) is 36.6 Å². The van der Waals surface area contributed by atoms with Crippen LogP contribution in [0.2, 0.25) is 0 Å². The van der Waals surface area contributed by atoms with E-state index in [1.165, 1.54) is 24.3 Å². The van der Waals surface area contributed by atoms with Gasteiger partial charge in [0.05, 0.1) is 25.9 Å². The number of halogens is 3. The van der Waals surface area contributed by atoms with Crippen molar-refractivity contribution in [3.8, 4) is 21.9 Å². The maximum atomic E-state index is 12.6. The summed E-state index contributed by atoms with van der Waals surface area (Å²) >= 11 is 2.11. The highest BCUT2D eigenvalue weighted by molar-refractivity contribution is 7.16. The predicted molar refractivity (Wildman–Crippen MR) is 148 cm³/mol. The fraction of sp³-hybridized carbons (Fsp3) is 0.111. The van der Waals surface area contributed by atoms with Gasteiger partial charge in [0, 0.05) is 17.5 Å². The largest absolute Gasteiger partial charge is 0.573 e. The van der Waals surface area contributed by atoms with E-state index in [2.05, 4.69) is 20.6 Å². The Kier molecular flexibility index (Phi) is 8.74. The zero-order valence-electron chi connectivity index (χ0n) is 21.1. The number of primary amides is 1. The topological polar surface area (TPSA) is 143 Å². The molecule has 0 atom stereocenters. The normalized spacial score (nSPS) is 11.7. The lowest BCUT2D eigenvalue weighted by atomic mass is 10.1. The van der Waals surface area contributed by atoms with Gasteiger partial charge in [-0.1, -0.05) is 12.1 Å². The second-order valence-corrected chi connectivity index (χ2v) is 10.4. The molecular formula is C27H21F3N4O5S2. The highest BCUT2D eigenvalue weighted by Gasteiger charge is 2.31. The Morgan fingerprint density at radius 2 is 1.61 bits per heavy atom. The van der Waals surface area contributed by atoms with Gasteiger partial charge >= 0.3 is 6.36 Å². The molecule has 0 aliphatic heterocycles. The maximum Gasteiger partial charge on any atom is 0.573 e. The van der Waals surface area contributed by atoms with E-state index in [-0.39, 0.29) is 34.5 Å². The Morgan fingerprint density at radius 1 is 0.976 bits per heavy atom. The Hall–Kier alpha value is -4.69. The van der Waals surface area contributed by atoms with Crippen molar-refractivity contribution in [3.05, 3.63) is 92.5 Å². The third-order valence-corrected chi connectivity index (χ3v) is 7.68. The number of benzene rings is 2. The van der Waals surface area contributed by atoms with Gasteiger partial charge in [0.15, 0.2) is 0 Å². The van der Waals surface area contributed by atoms with Gasteiger partial charge in [-0.25, -0.2) is 5.43 Å². The van der Waals surface area contributed by atoms with Gasteiger partial charge < -0.3 is 20.9 Å². The predicted octanol–water partition coefficient (Wildman–Crippen LogP) is 5.26. The molecule has 2 aromatic heterocycles. The highest BCUT2D eigenvalue weighted by atomic mass is 32.1. The number of hydrogen-bond acceptors (Lipinski definition) is 8. The molecule has 0 unspecified atom stereocenters. The zero-order valence-corrected chi connectivity index (χ0v) is 22.7. The van der Waals surface area contributed by atoms with Crippen molar-refractivity contribution >= 4 is 46.1 Å². The van der Waals surface area contributed by atoms with E-state index in [0.29, 0.717) is 26.4 Å². The van der Waals surface area contributed by atoms with E-state index in [1.807, 2.05) is 0 Å². The summed E-state index contributed by atoms with van der Waals surface area (Å²) in [5.41, 5.74) is 9.80. The summed E-state index contributed by atoms with van der Waals surface area (Å²) in [6.07, 6.45) is -4.81. The fourth-order valence-corrected chi connectivity index (χ4v) is 5.33. The molecule has 0 bridgehead atoms. The number of aromatic hydroxyl groups is 1. The molecule has 0 saturated carbocycles. The SMILES string of the molecule is CC(=NNC(=O)c1ccc(C(=O)NCc2ccc(C(N)=O)cc2)s1)c1csc(-c2ccc(OC(F)(F)F)cc2)c1O. The summed E-state index contributed by atoms with van der Waals surface area (Å²) in [6.45, 7) is 1.77. The molecule has 2 heterocycles. The lowest BCUT2D eigenvalue weighted by Gasteiger charge is -2.09. The number of nitrogens with one attached hydrogen (secondary N) is 2. The van der Waals surface area contributed by atoms with Gasteiger partial charge in [0.2, 0.25) is 5.91 Å². The number of hydrazone groups is 1. The second-order valence-electron chi connectivity index (χ2n) is 8.45. The molecule has 4 rings (SSSR count). The minimum atomic E-state index is -4.81. The van der Waals surface area contributed by atoms with Crippen LogP contribution >= 0.6 is 22.7 Å². The van der Waals surface area contributed by atoms with Crippen molar-refractivity contribution in [2.75, 3.05) is 0 Å². The third kappa shape index (κ3) is 7.49. The van der Waals surface area contributed by atoms with Crippen molar-refractivity contribution in [1.82, 2.24) is 10.7 Å². The molecule has 5 N–H and O–H groups in total. The lowest BCUT2D eigenvalue weighted by Crippen LogP contribution is -2.22. The fourth-order valence-electron chi connectivity index (χ4n) is 3.51. The van der Waals surface area contributed by atoms with Crippen molar-refractivity contribution in [2.24, 2.45) is 10.8 Å². The molecule has 3 amide bonds. The smallest absolute Gasteiger partial charge is 0.506 e. The van der Waals surface area contributed by atoms with Crippen LogP contribution in [0.5, 0.6) is 11.5 Å². The Labute approximate surface area is 239 Å². The summed E-state index contributed by atoms with van der Waals surface area (Å²) < 4.78 is 41.0. The molecule has 0 aliphatic rings. The first-order valence-electron chi connectivity index (χ1n) is 11.7. The summed E-state index contributed by atoms with van der Waals surface area (Å²) in [5.74, 6) is -2.03. The molecule has 0 fully saturated rings. The molecule has 41 heavy (non-hydrogen) atoms. The van der Waals surface area contributed by atoms with Gasteiger partial charge in [-0.2, -0.15) is 5.10 Å². The Morgan fingerprint density at radius 3 is 2.22 bits per heavy atom. The van der Waals surface area contributed by atoms with Crippen LogP contribution < -0.4 is 21.2 Å². The van der Waals surface area contributed by atoms with E-state index in [4.69, 9.17) is 5.73 Å². The molecule has 0 radical (unpaired) electrons. The molecule has 0 spiro atoms. The lowest BCUT2D eigenvalue weighted by molar-refractivity contribution is -0.274. The van der Waals surface area contributed by atoms with Crippen molar-refractivity contribution in [1.29, 1.82) is 0 Å². The Bertz CT molecular complexity index is 1610. The summed E-state index contributed by atoms with van der Waals surface area (Å²) in [5, 5.41) is 19.0. The highest BCUT2D eigenvalue weighted by Crippen LogP contribution is 2.39. The molecular weight excluding hydrogens is 581 g/mol. The van der Waals surface area contributed by atoms with Gasteiger partial charge in [-0.15, -0.1) is 35.8 Å². The number of rotatable bonds is 9. The first-order chi connectivity index (χ1) is 19.4. The van der Waals surface area contributed by atoms with Crippen molar-refractivity contribution in [2.45, 2.75) is 19.8 Å². The first-order valence-corrected chi connectivity index (χ1v) is 13.4. The molecule has 0 saturated heterocycles. The molecule has 0 aliphatic carbocycles. The second kappa shape index (κ2) is 12.2. The van der Waals surface area contributed by atoms with E-state index in [9.17, 15) is 32.7 Å². The monoisotopic (exact) mass is 602 g/mol. The van der Waals surface area contributed by atoms with Crippen LogP contribution in [0.3, 0.4) is 0 Å². The maximum absolute atomic E-state index is 12.6. The number of ether oxygens (including phenoxy) is 1. The number of nitrogens with zero attached hydrogens (tertiary/aromatic N) is 1. The van der Waals surface area contributed by atoms with Crippen LogP contribution in [0.25, 0.3) is 10.4 Å². The number of thiophene rings is 2. The minimum Gasteiger partial charge on any atom is -0.506 e. The van der Waals surface area contributed by atoms with Gasteiger partial charge in [0.1, 0.15) is 11.5 Å². The molecule has 14 heteroatoms. The van der Waals surface area contributed by atoms with Crippen LogP contribution in [0.15, 0.2) is 71.1 Å². The van der Waals surface area contributed by atoms with E-state index in [0.717, 1.165) is 40.4 Å². The summed E-state index contributed by atoms with van der Waals surface area (Å²) in [7, 11) is 0. The number of hydrogen-bond donors (Lipinski definition) is 4. The third-order valence-electron chi connectivity index (χ3n) is 5.57. The van der Waals surface area contributed by atoms with Gasteiger partial charge in [0.25, 0.3) is 11.8 Å². The minimum absolute atomic E-state index is 0.144. The Balaban J connectivity index is 1.35. The van der Waals surface area contributed by atoms with Crippen LogP contribution in [-0.2, 0) is 6.54 Å². The summed E-state index contributed by atoms with van der Waals surface area (Å²) in [6, 6.07) is 14.5. The number of alkyl halides is 3. The molecule has 2 aromatic carbocycles. The number of carbonyl (C=O) groups is 3. The van der Waals surface area contributed by atoms with Crippen LogP contribution in [-0.4, -0.2) is 34.9 Å². The van der Waals surface area contributed by atoms with Gasteiger partial charge in [-0.3, -0.25) is 14.4 Å². The molecule has 212 valence electrons. The standard InChI is InChI=1S/C27H21F3N4O5S2/c1-14(19-13-40-23(22(19)35)16-6-8-18(9-7-16)39-27(28,29)30)33-34-26(38)21-11-10-20(41-21)25(37)32-12-15-2-4-17(5-3-15)24(31)36/h2-11,13,35H,12H2,1H3,(H2,31,36)(H,32,37)(H,34,38). The number of carbonyl (C=O) groups excluding carboxylic acids is 3. The van der Waals surface area contributed by atoms with Crippen molar-refractivity contribution in [3.63, 3.8) is 0 Å². The number of nitrogens with two attached hydrogens (primary N) is 1. The average Bonchev–Trinajstić information content (AvgIpc) is 3.57. The molecule has 9 nitrogen and oxygen atoms in total. The first kappa shape index (κ1) is 29.3. The van der Waals surface area contributed by atoms with E-state index < -0.39 is 18.2 Å². The van der Waals surface area contributed by atoms with Crippen LogP contribution in [0, 0.1) is 0 Å². The quantitative estimate of drug-likeness (QED) is 0.153. The van der Waals surface area contributed by atoms with Crippen molar-refractivity contribution < 1.29 is 37.4 Å². The van der Waals surface area contributed by atoms with Gasteiger partial charge in [-0.05, 0) is 66.6 Å².